The van der Waals surface area contributed by atoms with Gasteiger partial charge in [0.15, 0.2) is 6.29 Å². The highest BCUT2D eigenvalue weighted by molar-refractivity contribution is 5.86. The Balaban J connectivity index is 3.01. The second-order valence-corrected chi connectivity index (χ2v) is 2.50. The molecule has 14 heavy (non-hydrogen) atoms. The molecule has 0 fully saturated rings. The van der Waals surface area contributed by atoms with Gasteiger partial charge in [-0.25, -0.2) is 4.79 Å². The van der Waals surface area contributed by atoms with Crippen LogP contribution in [0.3, 0.4) is 0 Å². The van der Waals surface area contributed by atoms with E-state index < -0.39 is 6.09 Å². The zero-order chi connectivity index (χ0) is 10.6. The van der Waals surface area contributed by atoms with E-state index in [2.05, 4.69) is 5.32 Å². The molecule has 0 unspecified atom stereocenters. The van der Waals surface area contributed by atoms with Crippen molar-refractivity contribution in [3.05, 3.63) is 23.8 Å². The van der Waals surface area contributed by atoms with Gasteiger partial charge >= 0.3 is 6.09 Å². The monoisotopic (exact) mass is 195 g/mol. The number of carbonyl (C=O) groups is 2. The number of carboxylic acid groups (broad SMARTS) is 1. The van der Waals surface area contributed by atoms with Crippen molar-refractivity contribution in [2.45, 2.75) is 0 Å². The van der Waals surface area contributed by atoms with Crippen LogP contribution in [0.1, 0.15) is 10.4 Å². The summed E-state index contributed by atoms with van der Waals surface area (Å²) < 4.78 is 4.89. The van der Waals surface area contributed by atoms with Gasteiger partial charge in [-0.05, 0) is 12.1 Å². The molecule has 0 bridgehead atoms. The van der Waals surface area contributed by atoms with Crippen molar-refractivity contribution >= 4 is 18.1 Å². The van der Waals surface area contributed by atoms with E-state index in [1.165, 1.54) is 25.3 Å². The van der Waals surface area contributed by atoms with Gasteiger partial charge in [-0.15, -0.1) is 0 Å². The molecule has 2 N–H and O–H groups in total. The Labute approximate surface area is 80.3 Å². The molecule has 0 aromatic heterocycles. The lowest BCUT2D eigenvalue weighted by molar-refractivity contribution is 0.112. The summed E-state index contributed by atoms with van der Waals surface area (Å²) in [6.07, 6.45) is -0.519. The van der Waals surface area contributed by atoms with E-state index in [9.17, 15) is 9.59 Å². The van der Waals surface area contributed by atoms with Crippen LogP contribution in [-0.4, -0.2) is 24.6 Å². The van der Waals surface area contributed by atoms with E-state index in [4.69, 9.17) is 9.84 Å². The van der Waals surface area contributed by atoms with E-state index in [0.29, 0.717) is 23.3 Å². The lowest BCUT2D eigenvalue weighted by Crippen LogP contribution is -2.07. The molecular formula is C9H9NO4. The summed E-state index contributed by atoms with van der Waals surface area (Å²) in [5.74, 6) is 0.339. The van der Waals surface area contributed by atoms with Gasteiger partial charge < -0.3 is 9.84 Å². The lowest BCUT2D eigenvalue weighted by atomic mass is 10.2. The molecule has 0 radical (unpaired) electrons. The minimum atomic E-state index is -1.16. The van der Waals surface area contributed by atoms with Gasteiger partial charge in [0.1, 0.15) is 5.75 Å². The Morgan fingerprint density at radius 1 is 1.57 bits per heavy atom. The van der Waals surface area contributed by atoms with Gasteiger partial charge in [0.2, 0.25) is 0 Å². The Hall–Kier alpha value is -2.04. The van der Waals surface area contributed by atoms with Crippen LogP contribution in [0.5, 0.6) is 5.75 Å². The zero-order valence-electron chi connectivity index (χ0n) is 7.48. The maximum Gasteiger partial charge on any atom is 0.409 e. The van der Waals surface area contributed by atoms with E-state index in [-0.39, 0.29) is 0 Å². The smallest absolute Gasteiger partial charge is 0.409 e. The maximum absolute atomic E-state index is 10.5. The van der Waals surface area contributed by atoms with Crippen LogP contribution in [0.4, 0.5) is 10.5 Å². The molecule has 74 valence electrons. The molecule has 0 atom stereocenters. The minimum absolute atomic E-state index is 0.339. The summed E-state index contributed by atoms with van der Waals surface area (Å²) in [5.41, 5.74) is 0.739. The van der Waals surface area contributed by atoms with Crippen molar-refractivity contribution < 1.29 is 19.4 Å². The van der Waals surface area contributed by atoms with E-state index in [0.717, 1.165) is 0 Å². The van der Waals surface area contributed by atoms with Crippen LogP contribution in [-0.2, 0) is 0 Å². The molecule has 1 aromatic carbocycles. The number of rotatable bonds is 3. The van der Waals surface area contributed by atoms with Crippen molar-refractivity contribution in [2.24, 2.45) is 0 Å². The fourth-order valence-electron chi connectivity index (χ4n) is 1.01. The second kappa shape index (κ2) is 4.27. The topological polar surface area (TPSA) is 75.6 Å². The summed E-state index contributed by atoms with van der Waals surface area (Å²) in [5, 5.41) is 10.6. The molecule has 0 heterocycles. The van der Waals surface area contributed by atoms with Gasteiger partial charge in [0.05, 0.1) is 12.7 Å². The molecule has 5 heteroatoms. The second-order valence-electron chi connectivity index (χ2n) is 2.50. The Bertz CT molecular complexity index is 362. The van der Waals surface area contributed by atoms with Crippen LogP contribution in [0.2, 0.25) is 0 Å². The largest absolute Gasteiger partial charge is 0.496 e. The summed E-state index contributed by atoms with van der Waals surface area (Å²) in [6.45, 7) is 0. The first kappa shape index (κ1) is 10.0. The van der Waals surface area contributed by atoms with Crippen LogP contribution in [0.15, 0.2) is 18.2 Å². The summed E-state index contributed by atoms with van der Waals surface area (Å²) in [6, 6.07) is 4.41. The van der Waals surface area contributed by atoms with Crippen LogP contribution in [0.25, 0.3) is 0 Å². The number of ether oxygens (including phenoxy) is 1. The highest BCUT2D eigenvalue weighted by atomic mass is 16.5. The van der Waals surface area contributed by atoms with Crippen molar-refractivity contribution in [2.75, 3.05) is 12.4 Å². The number of hydrogen-bond donors (Lipinski definition) is 2. The first-order valence-electron chi connectivity index (χ1n) is 3.80. The van der Waals surface area contributed by atoms with Gasteiger partial charge in [-0.3, -0.25) is 10.1 Å². The lowest BCUT2D eigenvalue weighted by Gasteiger charge is -2.06. The van der Waals surface area contributed by atoms with Crippen LogP contribution in [0, 0.1) is 0 Å². The molecule has 5 nitrogen and oxygen atoms in total. The highest BCUT2D eigenvalue weighted by Crippen LogP contribution is 2.21. The van der Waals surface area contributed by atoms with Crippen LogP contribution < -0.4 is 10.1 Å². The predicted molar refractivity (Wildman–Crippen MR) is 50.0 cm³/mol. The number of aldehydes is 1. The normalized spacial score (nSPS) is 9.21. The summed E-state index contributed by atoms with van der Waals surface area (Å²) in [4.78, 5) is 20.8. The average Bonchev–Trinajstić information content (AvgIpc) is 2.16. The molecule has 0 saturated carbocycles. The van der Waals surface area contributed by atoms with Gasteiger partial charge in [0.25, 0.3) is 0 Å². The number of carbonyl (C=O) groups excluding carboxylic acids is 1. The molecule has 1 aromatic rings. The first-order chi connectivity index (χ1) is 6.67. The van der Waals surface area contributed by atoms with Gasteiger partial charge in [0, 0.05) is 11.8 Å². The van der Waals surface area contributed by atoms with Crippen molar-refractivity contribution in [1.29, 1.82) is 0 Å². The number of anilines is 1. The van der Waals surface area contributed by atoms with Crippen molar-refractivity contribution in [1.82, 2.24) is 0 Å². The SMILES string of the molecule is COc1cc(NC(=O)O)ccc1C=O. The first-order valence-corrected chi connectivity index (χ1v) is 3.80. The van der Waals surface area contributed by atoms with Crippen molar-refractivity contribution in [3.8, 4) is 5.75 Å². The Morgan fingerprint density at radius 3 is 2.79 bits per heavy atom. The molecule has 0 spiro atoms. The molecule has 0 aliphatic heterocycles. The minimum Gasteiger partial charge on any atom is -0.496 e. The zero-order valence-corrected chi connectivity index (χ0v) is 7.48. The third kappa shape index (κ3) is 2.22. The number of nitrogens with one attached hydrogen (secondary N) is 1. The summed E-state index contributed by atoms with van der Waals surface area (Å²) in [7, 11) is 1.41. The standard InChI is InChI=1S/C9H9NO4/c1-14-8-4-7(10-9(12)13)3-2-6(8)5-11/h2-5,10H,1H3,(H,12,13). The molecular weight excluding hydrogens is 186 g/mol. The van der Waals surface area contributed by atoms with Gasteiger partial charge in [-0.2, -0.15) is 0 Å². The Morgan fingerprint density at radius 2 is 2.29 bits per heavy atom. The highest BCUT2D eigenvalue weighted by Gasteiger charge is 2.04. The van der Waals surface area contributed by atoms with E-state index in [1.54, 1.807) is 0 Å². The third-order valence-electron chi connectivity index (χ3n) is 1.61. The number of methoxy groups -OCH3 is 1. The van der Waals surface area contributed by atoms with E-state index in [1.807, 2.05) is 0 Å². The summed E-state index contributed by atoms with van der Waals surface area (Å²) >= 11 is 0. The maximum atomic E-state index is 10.5. The van der Waals surface area contributed by atoms with E-state index >= 15 is 0 Å². The molecule has 1 rings (SSSR count). The fourth-order valence-corrected chi connectivity index (χ4v) is 1.01. The van der Waals surface area contributed by atoms with Crippen LogP contribution >= 0.6 is 0 Å². The van der Waals surface area contributed by atoms with Gasteiger partial charge in [-0.1, -0.05) is 0 Å². The van der Waals surface area contributed by atoms with Crippen molar-refractivity contribution in [3.63, 3.8) is 0 Å². The number of benzene rings is 1. The number of hydrogen-bond acceptors (Lipinski definition) is 3. The third-order valence-corrected chi connectivity index (χ3v) is 1.61. The molecule has 0 saturated heterocycles. The predicted octanol–water partition coefficient (Wildman–Crippen LogP) is 1.60. The molecule has 1 amide bonds. The average molecular weight is 195 g/mol. The fraction of sp³-hybridized carbons (Fsp3) is 0.111. The number of amides is 1. The Kier molecular flexibility index (Phi) is 3.06. The quantitative estimate of drug-likeness (QED) is 0.718. The molecule has 0 aliphatic carbocycles. The molecule has 0 aliphatic rings.